The van der Waals surface area contributed by atoms with E-state index in [1.54, 1.807) is 0 Å². The van der Waals surface area contributed by atoms with Crippen LogP contribution in [0.3, 0.4) is 0 Å². The lowest BCUT2D eigenvalue weighted by Crippen LogP contribution is -2.25. The molecular weight excluding hydrogens is 418 g/mol. The second kappa shape index (κ2) is 10.5. The third kappa shape index (κ3) is 11.6. The lowest BCUT2D eigenvalue weighted by Gasteiger charge is -2.17. The minimum atomic E-state index is 0.641. The van der Waals surface area contributed by atoms with E-state index in [1.165, 1.54) is 25.9 Å². The van der Waals surface area contributed by atoms with Crippen LogP contribution < -0.4 is 5.73 Å². The molecule has 0 atom stereocenters. The summed E-state index contributed by atoms with van der Waals surface area (Å²) in [7, 11) is 4.24. The lowest BCUT2D eigenvalue weighted by atomic mass is 10.3. The first kappa shape index (κ1) is 16.3. The first-order valence-corrected chi connectivity index (χ1v) is 7.15. The van der Waals surface area contributed by atoms with Gasteiger partial charge in [0, 0.05) is 65.4 Å². The summed E-state index contributed by atoms with van der Waals surface area (Å²) >= 11 is 4.68. The Labute approximate surface area is 122 Å². The van der Waals surface area contributed by atoms with Crippen LogP contribution in [-0.2, 0) is 0 Å². The summed E-state index contributed by atoms with van der Waals surface area (Å²) in [5.41, 5.74) is 5.50. The molecule has 0 aromatic rings. The second-order valence-electron chi connectivity index (χ2n) is 3.79. The van der Waals surface area contributed by atoms with E-state index in [2.05, 4.69) is 71.0 Å². The van der Waals surface area contributed by atoms with Crippen molar-refractivity contribution >= 4 is 45.7 Å². The van der Waals surface area contributed by atoms with Gasteiger partial charge in [-0.25, -0.2) is 6.23 Å². The molecule has 0 aromatic heterocycles. The van der Waals surface area contributed by atoms with Gasteiger partial charge in [0.25, 0.3) is 0 Å². The molecule has 0 aliphatic carbocycles. The molecule has 0 aliphatic heterocycles. The highest BCUT2D eigenvalue weighted by molar-refractivity contribution is 14.1. The van der Waals surface area contributed by atoms with Gasteiger partial charge in [0.15, 0.2) is 0 Å². The Morgan fingerprint density at radius 1 is 0.867 bits per heavy atom. The van der Waals surface area contributed by atoms with E-state index in [1.807, 2.05) is 0 Å². The summed E-state index contributed by atoms with van der Waals surface area (Å²) in [5, 5.41) is 0. The van der Waals surface area contributed by atoms with Crippen LogP contribution in [0.2, 0.25) is 0 Å². The van der Waals surface area contributed by atoms with E-state index >= 15 is 0 Å². The Bertz CT molecular complexity index is 146. The quantitative estimate of drug-likeness (QED) is 0.336. The van der Waals surface area contributed by atoms with Gasteiger partial charge >= 0.3 is 0 Å². The number of nitrogens with zero attached hydrogens (tertiary/aromatic N) is 3. The molecule has 4 nitrogen and oxygen atoms in total. The Morgan fingerprint density at radius 3 is 1.80 bits per heavy atom. The zero-order valence-corrected chi connectivity index (χ0v) is 13.9. The van der Waals surface area contributed by atoms with Crippen molar-refractivity contribution in [2.24, 2.45) is 5.73 Å². The number of hydrogen-bond donors (Lipinski definition) is 1. The molecule has 6 heteroatoms. The standard InChI is InChI=1S/C9H22I2N4/c1-13(2)5-3-6-14(10)7-4-8-15(11)9-12/h3-9,12H2,1-2H3. The van der Waals surface area contributed by atoms with Crippen LogP contribution in [0, 0.1) is 0 Å². The fraction of sp³-hybridized carbons (Fsp3) is 1.00. The highest BCUT2D eigenvalue weighted by atomic mass is 127. The SMILES string of the molecule is CN(C)CCCN(I)CCCN(I)CN. The maximum Gasteiger partial charge on any atom is 0.0548 e. The van der Waals surface area contributed by atoms with Gasteiger partial charge in [-0.3, -0.25) is 0 Å². The summed E-state index contributed by atoms with van der Waals surface area (Å²) in [6.07, 6.45) is 2.42. The summed E-state index contributed by atoms with van der Waals surface area (Å²) in [4.78, 5) is 2.23. The second-order valence-corrected chi connectivity index (χ2v) is 6.52. The van der Waals surface area contributed by atoms with Crippen LogP contribution in [0.4, 0.5) is 0 Å². The Balaban J connectivity index is 3.29. The summed E-state index contributed by atoms with van der Waals surface area (Å²) < 4.78 is 4.48. The van der Waals surface area contributed by atoms with E-state index in [0.717, 1.165) is 13.1 Å². The van der Waals surface area contributed by atoms with Crippen molar-refractivity contribution in [3.8, 4) is 0 Å². The zero-order chi connectivity index (χ0) is 11.7. The maximum absolute atomic E-state index is 5.50. The molecule has 0 heterocycles. The molecule has 0 aliphatic rings. The first-order chi connectivity index (χ1) is 7.06. The molecule has 0 aromatic carbocycles. The number of nitrogens with two attached hydrogens (primary N) is 1. The maximum atomic E-state index is 5.50. The number of halogens is 2. The topological polar surface area (TPSA) is 35.7 Å². The molecule has 0 saturated carbocycles. The highest BCUT2D eigenvalue weighted by Gasteiger charge is 2.02. The minimum absolute atomic E-state index is 0.641. The third-order valence-corrected chi connectivity index (χ3v) is 3.85. The van der Waals surface area contributed by atoms with E-state index in [9.17, 15) is 0 Å². The number of hydrogen-bond acceptors (Lipinski definition) is 4. The van der Waals surface area contributed by atoms with Crippen LogP contribution in [0.15, 0.2) is 0 Å². The fourth-order valence-electron chi connectivity index (χ4n) is 1.18. The molecule has 0 unspecified atom stereocenters. The number of rotatable bonds is 9. The summed E-state index contributed by atoms with van der Waals surface area (Å²) in [6, 6.07) is 0. The summed E-state index contributed by atoms with van der Waals surface area (Å²) in [5.74, 6) is 0. The van der Waals surface area contributed by atoms with E-state index in [4.69, 9.17) is 5.73 Å². The molecule has 0 saturated heterocycles. The molecule has 0 spiro atoms. The predicted molar refractivity (Wildman–Crippen MR) is 83.2 cm³/mol. The molecule has 2 N–H and O–H groups in total. The van der Waals surface area contributed by atoms with Crippen LogP contribution in [0.5, 0.6) is 0 Å². The molecule has 0 radical (unpaired) electrons. The van der Waals surface area contributed by atoms with Crippen molar-refractivity contribution < 1.29 is 0 Å². The van der Waals surface area contributed by atoms with Gasteiger partial charge in [0.2, 0.25) is 0 Å². The van der Waals surface area contributed by atoms with Crippen molar-refractivity contribution in [2.75, 3.05) is 46.9 Å². The molecule has 0 amide bonds. The largest absolute Gasteiger partial charge is 0.318 e. The van der Waals surface area contributed by atoms with Gasteiger partial charge in [0.05, 0.1) is 6.67 Å². The Morgan fingerprint density at radius 2 is 1.33 bits per heavy atom. The van der Waals surface area contributed by atoms with Gasteiger partial charge in [-0.05, 0) is 33.5 Å². The monoisotopic (exact) mass is 440 g/mol. The van der Waals surface area contributed by atoms with Gasteiger partial charge in [-0.1, -0.05) is 0 Å². The van der Waals surface area contributed by atoms with E-state index in [-0.39, 0.29) is 0 Å². The van der Waals surface area contributed by atoms with Gasteiger partial charge in [-0.15, -0.1) is 0 Å². The summed E-state index contributed by atoms with van der Waals surface area (Å²) in [6.45, 7) is 5.20. The van der Waals surface area contributed by atoms with E-state index < -0.39 is 0 Å². The highest BCUT2D eigenvalue weighted by Crippen LogP contribution is 2.04. The molecular formula is C9H22I2N4. The third-order valence-electron chi connectivity index (χ3n) is 2.01. The molecule has 0 rings (SSSR count). The lowest BCUT2D eigenvalue weighted by molar-refractivity contribution is 0.368. The normalized spacial score (nSPS) is 12.0. The first-order valence-electron chi connectivity index (χ1n) is 5.22. The Kier molecular flexibility index (Phi) is 11.4. The van der Waals surface area contributed by atoms with Crippen LogP contribution in [-0.4, -0.2) is 58.1 Å². The predicted octanol–water partition coefficient (Wildman–Crippen LogP) is 1.55. The minimum Gasteiger partial charge on any atom is -0.318 e. The fourth-order valence-corrected chi connectivity index (χ4v) is 2.20. The van der Waals surface area contributed by atoms with Crippen LogP contribution in [0.25, 0.3) is 0 Å². The van der Waals surface area contributed by atoms with Gasteiger partial charge in [-0.2, -0.15) is 0 Å². The zero-order valence-electron chi connectivity index (χ0n) is 9.62. The average Bonchev–Trinajstić information content (AvgIpc) is 2.17. The molecule has 0 fully saturated rings. The van der Waals surface area contributed by atoms with Crippen molar-refractivity contribution in [3.05, 3.63) is 0 Å². The molecule has 92 valence electrons. The van der Waals surface area contributed by atoms with Crippen LogP contribution >= 0.6 is 45.7 Å². The molecule has 0 bridgehead atoms. The smallest absolute Gasteiger partial charge is 0.0548 e. The van der Waals surface area contributed by atoms with Crippen molar-refractivity contribution in [3.63, 3.8) is 0 Å². The van der Waals surface area contributed by atoms with Crippen molar-refractivity contribution in [1.82, 2.24) is 11.1 Å². The van der Waals surface area contributed by atoms with Crippen LogP contribution in [0.1, 0.15) is 12.8 Å². The Hall–Kier alpha value is 1.30. The van der Waals surface area contributed by atoms with E-state index in [0.29, 0.717) is 6.67 Å². The van der Waals surface area contributed by atoms with Crippen molar-refractivity contribution in [1.29, 1.82) is 0 Å². The van der Waals surface area contributed by atoms with Gasteiger partial charge < -0.3 is 10.6 Å². The van der Waals surface area contributed by atoms with Gasteiger partial charge in [0.1, 0.15) is 0 Å². The molecule has 15 heavy (non-hydrogen) atoms. The average molecular weight is 440 g/mol. The van der Waals surface area contributed by atoms with Crippen molar-refractivity contribution in [2.45, 2.75) is 12.8 Å².